The average Bonchev–Trinajstić information content (AvgIpc) is 2.38. The summed E-state index contributed by atoms with van der Waals surface area (Å²) in [5, 5.41) is 6.66. The Morgan fingerprint density at radius 1 is 1.75 bits per heavy atom. The molecule has 5 heteroatoms. The van der Waals surface area contributed by atoms with Crippen LogP contribution in [0.1, 0.15) is 11.6 Å². The van der Waals surface area contributed by atoms with Crippen LogP contribution >= 0.6 is 27.3 Å². The molecule has 66 valence electrons. The number of rotatable bonds is 3. The Bertz CT molecular complexity index is 287. The number of amides is 1. The third-order valence-electron chi connectivity index (χ3n) is 1.53. The SMILES string of the molecule is CNC(C(N)=O)c1cscc1Br. The van der Waals surface area contributed by atoms with Crippen molar-refractivity contribution in [1.29, 1.82) is 0 Å². The number of hydrogen-bond acceptors (Lipinski definition) is 3. The zero-order chi connectivity index (χ0) is 9.14. The largest absolute Gasteiger partial charge is 0.368 e. The van der Waals surface area contributed by atoms with E-state index in [1.54, 1.807) is 7.05 Å². The molecule has 1 aromatic rings. The maximum atomic E-state index is 10.9. The molecule has 0 saturated heterocycles. The van der Waals surface area contributed by atoms with Crippen molar-refractivity contribution < 1.29 is 4.79 Å². The van der Waals surface area contributed by atoms with Crippen LogP contribution in [0.5, 0.6) is 0 Å². The van der Waals surface area contributed by atoms with Gasteiger partial charge in [-0.1, -0.05) is 0 Å². The summed E-state index contributed by atoms with van der Waals surface area (Å²) < 4.78 is 0.922. The summed E-state index contributed by atoms with van der Waals surface area (Å²) in [6.45, 7) is 0. The van der Waals surface area contributed by atoms with Gasteiger partial charge >= 0.3 is 0 Å². The molecule has 1 rings (SSSR count). The Morgan fingerprint density at radius 2 is 2.42 bits per heavy atom. The van der Waals surface area contributed by atoms with Crippen LogP contribution in [0.4, 0.5) is 0 Å². The number of nitrogens with one attached hydrogen (secondary N) is 1. The van der Waals surface area contributed by atoms with Crippen molar-refractivity contribution >= 4 is 33.2 Å². The second-order valence-corrected chi connectivity index (χ2v) is 3.90. The molecule has 0 saturated carbocycles. The maximum absolute atomic E-state index is 10.9. The number of primary amides is 1. The lowest BCUT2D eigenvalue weighted by molar-refractivity contribution is -0.120. The van der Waals surface area contributed by atoms with E-state index in [1.807, 2.05) is 10.8 Å². The lowest BCUT2D eigenvalue weighted by atomic mass is 10.1. The summed E-state index contributed by atoms with van der Waals surface area (Å²) in [4.78, 5) is 10.9. The number of halogens is 1. The zero-order valence-electron chi connectivity index (χ0n) is 6.50. The molecule has 1 heterocycles. The second-order valence-electron chi connectivity index (χ2n) is 2.30. The Morgan fingerprint density at radius 3 is 2.75 bits per heavy atom. The summed E-state index contributed by atoms with van der Waals surface area (Å²) in [5.41, 5.74) is 6.09. The Balaban J connectivity index is 2.94. The van der Waals surface area contributed by atoms with Crippen LogP contribution in [0.3, 0.4) is 0 Å². The molecule has 0 spiro atoms. The maximum Gasteiger partial charge on any atom is 0.239 e. The molecule has 0 aliphatic carbocycles. The van der Waals surface area contributed by atoms with Crippen molar-refractivity contribution in [2.75, 3.05) is 7.05 Å². The Labute approximate surface area is 83.1 Å². The first-order valence-electron chi connectivity index (χ1n) is 3.35. The minimum Gasteiger partial charge on any atom is -0.368 e. The fourth-order valence-corrected chi connectivity index (χ4v) is 2.50. The van der Waals surface area contributed by atoms with Crippen LogP contribution in [0.2, 0.25) is 0 Å². The van der Waals surface area contributed by atoms with Gasteiger partial charge < -0.3 is 11.1 Å². The first kappa shape index (κ1) is 9.70. The number of hydrogen-bond donors (Lipinski definition) is 2. The topological polar surface area (TPSA) is 55.1 Å². The second kappa shape index (κ2) is 4.02. The Kier molecular flexibility index (Phi) is 3.25. The van der Waals surface area contributed by atoms with Gasteiger partial charge in [-0.3, -0.25) is 4.79 Å². The standard InChI is InChI=1S/C7H9BrN2OS/c1-10-6(7(9)11)4-2-12-3-5(4)8/h2-3,6,10H,1H3,(H2,9,11). The molecular formula is C7H9BrN2OS. The van der Waals surface area contributed by atoms with Gasteiger partial charge in [0.1, 0.15) is 6.04 Å². The van der Waals surface area contributed by atoms with Crippen molar-refractivity contribution in [3.8, 4) is 0 Å². The highest BCUT2D eigenvalue weighted by Gasteiger charge is 2.18. The molecule has 1 unspecified atom stereocenters. The minimum absolute atomic E-state index is 0.364. The number of carbonyl (C=O) groups is 1. The van der Waals surface area contributed by atoms with Crippen LogP contribution in [0, 0.1) is 0 Å². The molecule has 1 atom stereocenters. The summed E-state index contributed by atoms with van der Waals surface area (Å²) in [6, 6.07) is -0.398. The summed E-state index contributed by atoms with van der Waals surface area (Å²) >= 11 is 4.87. The molecule has 0 fully saturated rings. The third kappa shape index (κ3) is 1.85. The van der Waals surface area contributed by atoms with Crippen molar-refractivity contribution in [3.05, 3.63) is 20.8 Å². The van der Waals surface area contributed by atoms with Crippen molar-refractivity contribution in [2.24, 2.45) is 5.73 Å². The zero-order valence-corrected chi connectivity index (χ0v) is 8.91. The smallest absolute Gasteiger partial charge is 0.239 e. The van der Waals surface area contributed by atoms with E-state index < -0.39 is 6.04 Å². The van der Waals surface area contributed by atoms with Crippen LogP contribution < -0.4 is 11.1 Å². The Hall–Kier alpha value is -0.390. The van der Waals surface area contributed by atoms with Gasteiger partial charge in [-0.25, -0.2) is 0 Å². The van der Waals surface area contributed by atoms with Crippen molar-refractivity contribution in [2.45, 2.75) is 6.04 Å². The van der Waals surface area contributed by atoms with Gasteiger partial charge in [-0.05, 0) is 28.4 Å². The molecule has 3 N–H and O–H groups in total. The first-order chi connectivity index (χ1) is 5.66. The lowest BCUT2D eigenvalue weighted by Gasteiger charge is -2.10. The van der Waals surface area contributed by atoms with Gasteiger partial charge in [0.15, 0.2) is 0 Å². The van der Waals surface area contributed by atoms with Crippen LogP contribution in [0.25, 0.3) is 0 Å². The first-order valence-corrected chi connectivity index (χ1v) is 5.08. The van der Waals surface area contributed by atoms with Crippen LogP contribution in [0.15, 0.2) is 15.2 Å². The van der Waals surface area contributed by atoms with Gasteiger partial charge in [0.2, 0.25) is 5.91 Å². The van der Waals surface area contributed by atoms with E-state index in [0.29, 0.717) is 0 Å². The number of carbonyl (C=O) groups excluding carboxylic acids is 1. The number of thiophene rings is 1. The molecule has 1 amide bonds. The third-order valence-corrected chi connectivity index (χ3v) is 3.28. The van der Waals surface area contributed by atoms with Gasteiger partial charge in [0, 0.05) is 15.4 Å². The normalized spacial score (nSPS) is 12.8. The van der Waals surface area contributed by atoms with E-state index in [0.717, 1.165) is 10.0 Å². The van der Waals surface area contributed by atoms with E-state index in [2.05, 4.69) is 21.2 Å². The molecule has 0 aromatic carbocycles. The van der Waals surface area contributed by atoms with E-state index >= 15 is 0 Å². The van der Waals surface area contributed by atoms with Crippen LogP contribution in [-0.4, -0.2) is 13.0 Å². The van der Waals surface area contributed by atoms with Gasteiger partial charge in [0.05, 0.1) is 0 Å². The van der Waals surface area contributed by atoms with Gasteiger partial charge in [0.25, 0.3) is 0 Å². The highest BCUT2D eigenvalue weighted by Crippen LogP contribution is 2.26. The quantitative estimate of drug-likeness (QED) is 0.847. The van der Waals surface area contributed by atoms with E-state index in [4.69, 9.17) is 5.73 Å². The predicted molar refractivity (Wildman–Crippen MR) is 53.0 cm³/mol. The fourth-order valence-electron chi connectivity index (χ4n) is 0.948. The monoisotopic (exact) mass is 248 g/mol. The summed E-state index contributed by atoms with van der Waals surface area (Å²) in [7, 11) is 1.71. The fraction of sp³-hybridized carbons (Fsp3) is 0.286. The van der Waals surface area contributed by atoms with Crippen molar-refractivity contribution in [1.82, 2.24) is 5.32 Å². The molecule has 1 aromatic heterocycles. The molecule has 0 radical (unpaired) electrons. The summed E-state index contributed by atoms with van der Waals surface area (Å²) in [5.74, 6) is -0.364. The highest BCUT2D eigenvalue weighted by atomic mass is 79.9. The molecule has 0 aliphatic heterocycles. The number of likely N-dealkylation sites (N-methyl/N-ethyl adjacent to an activating group) is 1. The van der Waals surface area contributed by atoms with E-state index in [-0.39, 0.29) is 5.91 Å². The molecule has 0 aliphatic rings. The minimum atomic E-state index is -0.398. The average molecular weight is 249 g/mol. The lowest BCUT2D eigenvalue weighted by Crippen LogP contribution is -2.30. The van der Waals surface area contributed by atoms with E-state index in [1.165, 1.54) is 11.3 Å². The summed E-state index contributed by atoms with van der Waals surface area (Å²) in [6.07, 6.45) is 0. The molecule has 12 heavy (non-hydrogen) atoms. The molecule has 3 nitrogen and oxygen atoms in total. The van der Waals surface area contributed by atoms with Gasteiger partial charge in [-0.15, -0.1) is 0 Å². The van der Waals surface area contributed by atoms with Crippen molar-refractivity contribution in [3.63, 3.8) is 0 Å². The van der Waals surface area contributed by atoms with Gasteiger partial charge in [-0.2, -0.15) is 11.3 Å². The van der Waals surface area contributed by atoms with E-state index in [9.17, 15) is 4.79 Å². The molecule has 0 bridgehead atoms. The highest BCUT2D eigenvalue weighted by molar-refractivity contribution is 9.10. The predicted octanol–water partition coefficient (Wildman–Crippen LogP) is 1.26. The number of nitrogens with two attached hydrogens (primary N) is 1. The molecular weight excluding hydrogens is 240 g/mol. The van der Waals surface area contributed by atoms with Crippen LogP contribution in [-0.2, 0) is 4.79 Å².